The van der Waals surface area contributed by atoms with Crippen LogP contribution in [-0.2, 0) is 4.74 Å². The average Bonchev–Trinajstić information content (AvgIpc) is 3.68. The molecule has 1 heterocycles. The van der Waals surface area contributed by atoms with Gasteiger partial charge in [-0.1, -0.05) is 65.8 Å². The summed E-state index contributed by atoms with van der Waals surface area (Å²) in [4.78, 5) is 12.6. The Morgan fingerprint density at radius 1 is 0.943 bits per heavy atom. The average molecular weight is 469 g/mol. The maximum atomic E-state index is 12.6. The molecule has 1 saturated carbocycles. The smallest absolute Gasteiger partial charge is 0.412 e. The third-order valence-corrected chi connectivity index (χ3v) is 6.41. The summed E-state index contributed by atoms with van der Waals surface area (Å²) in [6, 6.07) is 24.3. The van der Waals surface area contributed by atoms with Crippen molar-refractivity contribution in [3.63, 3.8) is 0 Å². The summed E-state index contributed by atoms with van der Waals surface area (Å²) in [5.74, 6) is 2.00. The lowest BCUT2D eigenvalue weighted by atomic mass is 10.00. The Morgan fingerprint density at radius 2 is 1.54 bits per heavy atom. The largest absolute Gasteiger partial charge is 0.497 e. The predicted molar refractivity (Wildman–Crippen MR) is 136 cm³/mol. The minimum atomic E-state index is -0.576. The van der Waals surface area contributed by atoms with Crippen molar-refractivity contribution in [2.45, 2.75) is 38.7 Å². The zero-order valence-electron chi connectivity index (χ0n) is 20.1. The number of aromatic nitrogens is 1. The molecule has 0 aliphatic heterocycles. The fourth-order valence-corrected chi connectivity index (χ4v) is 4.14. The molecule has 0 bridgehead atoms. The molecular formula is C29H28N2O4. The van der Waals surface area contributed by atoms with Crippen LogP contribution >= 0.6 is 0 Å². The topological polar surface area (TPSA) is 73.6 Å². The van der Waals surface area contributed by atoms with Crippen molar-refractivity contribution in [3.8, 4) is 28.1 Å². The Balaban J connectivity index is 1.28. The van der Waals surface area contributed by atoms with Gasteiger partial charge in [-0.3, -0.25) is 5.32 Å². The SMILES string of the molecule is COc1ccc([C@@H](C)OC(=O)Nc2c(-c3ccc(-c4ccc(C5CC5)cc4)cc3)noc2C)cc1. The first-order chi connectivity index (χ1) is 17.0. The highest BCUT2D eigenvalue weighted by Gasteiger charge is 2.23. The third-order valence-electron chi connectivity index (χ3n) is 6.41. The molecule has 1 fully saturated rings. The van der Waals surface area contributed by atoms with E-state index in [2.05, 4.69) is 46.9 Å². The van der Waals surface area contributed by atoms with E-state index in [-0.39, 0.29) is 0 Å². The van der Waals surface area contributed by atoms with E-state index in [0.29, 0.717) is 17.1 Å². The molecule has 1 aromatic heterocycles. The van der Waals surface area contributed by atoms with Crippen LogP contribution in [0.2, 0.25) is 0 Å². The van der Waals surface area contributed by atoms with E-state index in [1.54, 1.807) is 14.0 Å². The van der Waals surface area contributed by atoms with E-state index in [0.717, 1.165) is 28.4 Å². The Kier molecular flexibility index (Phi) is 6.27. The molecule has 1 amide bonds. The first-order valence-corrected chi connectivity index (χ1v) is 11.8. The van der Waals surface area contributed by atoms with Crippen LogP contribution in [0.4, 0.5) is 10.5 Å². The maximum Gasteiger partial charge on any atom is 0.412 e. The number of methoxy groups -OCH3 is 1. The second-order valence-electron chi connectivity index (χ2n) is 8.88. The first-order valence-electron chi connectivity index (χ1n) is 11.8. The highest BCUT2D eigenvalue weighted by molar-refractivity contribution is 5.91. The molecule has 1 N–H and O–H groups in total. The van der Waals surface area contributed by atoms with Gasteiger partial charge in [0.05, 0.1) is 7.11 Å². The fraction of sp³-hybridized carbons (Fsp3) is 0.241. The number of hydrogen-bond donors (Lipinski definition) is 1. The van der Waals surface area contributed by atoms with Crippen LogP contribution in [0, 0.1) is 6.92 Å². The number of nitrogens with zero attached hydrogens (tertiary/aromatic N) is 1. The number of carbonyl (C=O) groups excluding carboxylic acids is 1. The van der Waals surface area contributed by atoms with Crippen molar-refractivity contribution in [3.05, 3.63) is 89.7 Å². The lowest BCUT2D eigenvalue weighted by Gasteiger charge is -2.15. The van der Waals surface area contributed by atoms with Crippen LogP contribution < -0.4 is 10.1 Å². The number of hydrogen-bond acceptors (Lipinski definition) is 5. The van der Waals surface area contributed by atoms with Gasteiger partial charge >= 0.3 is 6.09 Å². The van der Waals surface area contributed by atoms with Gasteiger partial charge in [0.2, 0.25) is 0 Å². The molecule has 0 spiro atoms. The lowest BCUT2D eigenvalue weighted by molar-refractivity contribution is 0.121. The van der Waals surface area contributed by atoms with Crippen LogP contribution in [0.25, 0.3) is 22.4 Å². The van der Waals surface area contributed by atoms with Crippen molar-refractivity contribution in [1.29, 1.82) is 0 Å². The first kappa shape index (κ1) is 22.7. The molecule has 6 nitrogen and oxygen atoms in total. The summed E-state index contributed by atoms with van der Waals surface area (Å²) in [5, 5.41) is 6.98. The molecule has 35 heavy (non-hydrogen) atoms. The van der Waals surface area contributed by atoms with Crippen LogP contribution in [-0.4, -0.2) is 18.4 Å². The molecule has 4 aromatic rings. The van der Waals surface area contributed by atoms with Gasteiger partial charge in [0.1, 0.15) is 23.2 Å². The van der Waals surface area contributed by atoms with Crippen molar-refractivity contribution in [1.82, 2.24) is 5.16 Å². The minimum Gasteiger partial charge on any atom is -0.497 e. The van der Waals surface area contributed by atoms with Gasteiger partial charge in [-0.2, -0.15) is 0 Å². The number of nitrogens with one attached hydrogen (secondary N) is 1. The summed E-state index contributed by atoms with van der Waals surface area (Å²) in [6.07, 6.45) is 1.59. The quantitative estimate of drug-likeness (QED) is 0.304. The molecular weight excluding hydrogens is 440 g/mol. The van der Waals surface area contributed by atoms with Crippen LogP contribution in [0.3, 0.4) is 0 Å². The second kappa shape index (κ2) is 9.66. The van der Waals surface area contributed by atoms with Gasteiger partial charge in [0, 0.05) is 5.56 Å². The highest BCUT2D eigenvalue weighted by atomic mass is 16.6. The molecule has 1 aliphatic rings. The minimum absolute atomic E-state index is 0.435. The van der Waals surface area contributed by atoms with Gasteiger partial charge < -0.3 is 14.0 Å². The number of amides is 1. The van der Waals surface area contributed by atoms with Gasteiger partial charge in [-0.05, 0) is 67.0 Å². The van der Waals surface area contributed by atoms with Crippen LogP contribution in [0.5, 0.6) is 5.75 Å². The van der Waals surface area contributed by atoms with E-state index in [9.17, 15) is 4.79 Å². The van der Waals surface area contributed by atoms with Gasteiger partial charge in [0.15, 0.2) is 5.76 Å². The summed E-state index contributed by atoms with van der Waals surface area (Å²) in [5.41, 5.74) is 6.49. The van der Waals surface area contributed by atoms with E-state index in [1.165, 1.54) is 24.0 Å². The van der Waals surface area contributed by atoms with E-state index in [1.807, 2.05) is 43.3 Å². The van der Waals surface area contributed by atoms with E-state index in [4.69, 9.17) is 14.0 Å². The van der Waals surface area contributed by atoms with Crippen molar-refractivity contribution >= 4 is 11.8 Å². The summed E-state index contributed by atoms with van der Waals surface area (Å²) >= 11 is 0. The van der Waals surface area contributed by atoms with Crippen LogP contribution in [0.1, 0.15) is 48.7 Å². The molecule has 1 aliphatic carbocycles. The number of carbonyl (C=O) groups is 1. The molecule has 0 unspecified atom stereocenters. The number of ether oxygens (including phenoxy) is 2. The Hall–Kier alpha value is -4.06. The van der Waals surface area contributed by atoms with Crippen molar-refractivity contribution in [2.75, 3.05) is 12.4 Å². The molecule has 0 radical (unpaired) electrons. The Labute approximate surface area is 204 Å². The van der Waals surface area contributed by atoms with Gasteiger partial charge in [-0.25, -0.2) is 4.79 Å². The highest BCUT2D eigenvalue weighted by Crippen LogP contribution is 2.40. The third kappa shape index (κ3) is 5.06. The van der Waals surface area contributed by atoms with E-state index < -0.39 is 12.2 Å². The Bertz CT molecular complexity index is 1300. The molecule has 5 rings (SSSR count). The molecule has 178 valence electrons. The summed E-state index contributed by atoms with van der Waals surface area (Å²) in [6.45, 7) is 3.58. The van der Waals surface area contributed by atoms with Crippen LogP contribution in [0.15, 0.2) is 77.3 Å². The zero-order valence-corrected chi connectivity index (χ0v) is 20.1. The number of aryl methyl sites for hydroxylation is 1. The number of rotatable bonds is 7. The molecule has 6 heteroatoms. The van der Waals surface area contributed by atoms with Gasteiger partial charge in [0.25, 0.3) is 0 Å². The van der Waals surface area contributed by atoms with E-state index >= 15 is 0 Å². The predicted octanol–water partition coefficient (Wildman–Crippen LogP) is 7.51. The van der Waals surface area contributed by atoms with Crippen molar-refractivity contribution in [2.24, 2.45) is 0 Å². The molecule has 3 aromatic carbocycles. The standard InChI is InChI=1S/C29H28N2O4/c1-18(20-14-16-26(33-3)17-15-20)34-29(32)30-27-19(2)35-31-28(27)25-12-10-24(11-13-25)23-8-6-22(7-9-23)21-4-5-21/h6-18,21H,4-5H2,1-3H3,(H,30,32)/t18-/m1/s1. The normalized spacial score (nSPS) is 13.8. The number of benzene rings is 3. The zero-order chi connectivity index (χ0) is 24.4. The summed E-state index contributed by atoms with van der Waals surface area (Å²) < 4.78 is 16.1. The Morgan fingerprint density at radius 3 is 2.14 bits per heavy atom. The fourth-order valence-electron chi connectivity index (χ4n) is 4.14. The van der Waals surface area contributed by atoms with Crippen molar-refractivity contribution < 1.29 is 18.8 Å². The van der Waals surface area contributed by atoms with Gasteiger partial charge in [-0.15, -0.1) is 0 Å². The molecule has 0 saturated heterocycles. The second-order valence-corrected chi connectivity index (χ2v) is 8.88. The number of anilines is 1. The monoisotopic (exact) mass is 468 g/mol. The molecule has 1 atom stereocenters. The summed E-state index contributed by atoms with van der Waals surface area (Å²) in [7, 11) is 1.61. The maximum absolute atomic E-state index is 12.6. The lowest BCUT2D eigenvalue weighted by Crippen LogP contribution is -2.16.